The monoisotopic (exact) mass is 138 g/mol. The number of hydrogen-bond donors (Lipinski definition) is 0. The van der Waals surface area contributed by atoms with E-state index in [1.54, 1.807) is 0 Å². The summed E-state index contributed by atoms with van der Waals surface area (Å²) in [7, 11) is 0. The molecule has 1 aliphatic carbocycles. The Balaban J connectivity index is 2.43. The fraction of sp³-hybridized carbons (Fsp3) is 0.667. The molecule has 1 aliphatic rings. The number of aldehydes is 1. The molecule has 0 unspecified atom stereocenters. The Hall–Kier alpha value is -0.590. The fourth-order valence-electron chi connectivity index (χ4n) is 1.59. The predicted molar refractivity (Wildman–Crippen MR) is 41.8 cm³/mol. The van der Waals surface area contributed by atoms with Crippen molar-refractivity contribution < 1.29 is 4.79 Å². The second-order valence-electron chi connectivity index (χ2n) is 3.24. The summed E-state index contributed by atoms with van der Waals surface area (Å²) in [5, 5.41) is 0. The molecule has 10 heavy (non-hydrogen) atoms. The highest BCUT2D eigenvalue weighted by Crippen LogP contribution is 2.31. The van der Waals surface area contributed by atoms with E-state index in [2.05, 4.69) is 13.8 Å². The van der Waals surface area contributed by atoms with E-state index in [0.717, 1.165) is 25.5 Å². The van der Waals surface area contributed by atoms with Crippen LogP contribution in [0.4, 0.5) is 0 Å². The van der Waals surface area contributed by atoms with Gasteiger partial charge in [-0.3, -0.25) is 0 Å². The van der Waals surface area contributed by atoms with Crippen LogP contribution in [0.1, 0.15) is 33.1 Å². The third kappa shape index (κ3) is 1.47. The van der Waals surface area contributed by atoms with Gasteiger partial charge in [0.05, 0.1) is 0 Å². The highest BCUT2D eigenvalue weighted by atomic mass is 16.1. The summed E-state index contributed by atoms with van der Waals surface area (Å²) >= 11 is 0. The van der Waals surface area contributed by atoms with Crippen LogP contribution >= 0.6 is 0 Å². The maximum absolute atomic E-state index is 10.2. The highest BCUT2D eigenvalue weighted by Gasteiger charge is 2.17. The second kappa shape index (κ2) is 3.00. The Morgan fingerprint density at radius 1 is 1.40 bits per heavy atom. The molecule has 0 aromatic carbocycles. The quantitative estimate of drug-likeness (QED) is 0.423. The minimum Gasteiger partial charge on any atom is -0.303 e. The topological polar surface area (TPSA) is 17.1 Å². The number of allylic oxidation sites excluding steroid dienone is 2. The van der Waals surface area contributed by atoms with Crippen molar-refractivity contribution in [3.05, 3.63) is 11.1 Å². The first-order valence-electron chi connectivity index (χ1n) is 3.83. The van der Waals surface area contributed by atoms with Crippen LogP contribution in [0.2, 0.25) is 0 Å². The van der Waals surface area contributed by atoms with Crippen LogP contribution in [0, 0.1) is 5.92 Å². The van der Waals surface area contributed by atoms with Crippen LogP contribution in [0.5, 0.6) is 0 Å². The van der Waals surface area contributed by atoms with Gasteiger partial charge in [0, 0.05) is 6.42 Å². The molecule has 0 radical (unpaired) electrons. The van der Waals surface area contributed by atoms with Crippen molar-refractivity contribution >= 4 is 6.29 Å². The van der Waals surface area contributed by atoms with E-state index in [-0.39, 0.29) is 0 Å². The Bertz CT molecular complexity index is 154. The van der Waals surface area contributed by atoms with Gasteiger partial charge in [-0.05, 0) is 32.6 Å². The van der Waals surface area contributed by atoms with E-state index in [1.807, 2.05) is 0 Å². The van der Waals surface area contributed by atoms with Gasteiger partial charge in [-0.25, -0.2) is 0 Å². The Labute approximate surface area is 62.1 Å². The van der Waals surface area contributed by atoms with Crippen LogP contribution in [-0.2, 0) is 4.79 Å². The van der Waals surface area contributed by atoms with E-state index in [1.165, 1.54) is 11.1 Å². The zero-order valence-electron chi connectivity index (χ0n) is 6.68. The Kier molecular flexibility index (Phi) is 2.25. The van der Waals surface area contributed by atoms with Crippen molar-refractivity contribution in [2.75, 3.05) is 0 Å². The molecule has 0 saturated heterocycles. The van der Waals surface area contributed by atoms with E-state index in [0.29, 0.717) is 5.92 Å². The third-order valence-electron chi connectivity index (χ3n) is 2.35. The van der Waals surface area contributed by atoms with Gasteiger partial charge in [-0.2, -0.15) is 0 Å². The lowest BCUT2D eigenvalue weighted by Gasteiger charge is -2.02. The summed E-state index contributed by atoms with van der Waals surface area (Å²) < 4.78 is 0. The first kappa shape index (κ1) is 7.52. The van der Waals surface area contributed by atoms with Crippen molar-refractivity contribution in [3.8, 4) is 0 Å². The van der Waals surface area contributed by atoms with E-state index < -0.39 is 0 Å². The van der Waals surface area contributed by atoms with Crippen molar-refractivity contribution in [1.29, 1.82) is 0 Å². The summed E-state index contributed by atoms with van der Waals surface area (Å²) in [5.74, 6) is 0.623. The van der Waals surface area contributed by atoms with Crippen molar-refractivity contribution in [2.45, 2.75) is 33.1 Å². The van der Waals surface area contributed by atoms with Gasteiger partial charge < -0.3 is 4.79 Å². The molecular formula is C9H14O. The lowest BCUT2D eigenvalue weighted by molar-refractivity contribution is -0.108. The van der Waals surface area contributed by atoms with E-state index >= 15 is 0 Å². The van der Waals surface area contributed by atoms with Gasteiger partial charge in [-0.1, -0.05) is 11.1 Å². The van der Waals surface area contributed by atoms with Gasteiger partial charge in [0.2, 0.25) is 0 Å². The largest absolute Gasteiger partial charge is 0.303 e. The molecule has 0 amide bonds. The molecule has 0 bridgehead atoms. The van der Waals surface area contributed by atoms with Gasteiger partial charge in [-0.15, -0.1) is 0 Å². The van der Waals surface area contributed by atoms with Crippen LogP contribution in [0.25, 0.3) is 0 Å². The lowest BCUT2D eigenvalue weighted by Crippen LogP contribution is -1.94. The molecule has 0 atom stereocenters. The molecule has 0 spiro atoms. The number of hydrogen-bond acceptors (Lipinski definition) is 1. The van der Waals surface area contributed by atoms with Gasteiger partial charge in [0.25, 0.3) is 0 Å². The summed E-state index contributed by atoms with van der Waals surface area (Å²) in [5.41, 5.74) is 2.98. The molecule has 0 aromatic heterocycles. The summed E-state index contributed by atoms with van der Waals surface area (Å²) in [6.45, 7) is 4.33. The maximum atomic E-state index is 10.2. The predicted octanol–water partition coefficient (Wildman–Crippen LogP) is 2.32. The standard InChI is InChI=1S/C9H14O/c1-7-5-9(3-4-10)6-8(7)2/h4,9H,3,5-6H2,1-2H3. The zero-order chi connectivity index (χ0) is 7.56. The number of carbonyl (C=O) groups is 1. The first-order valence-corrected chi connectivity index (χ1v) is 3.83. The number of carbonyl (C=O) groups excluding carboxylic acids is 1. The molecule has 56 valence electrons. The SMILES string of the molecule is CC1=C(C)CC(CC=O)C1. The average molecular weight is 138 g/mol. The molecule has 0 heterocycles. The molecule has 0 saturated carbocycles. The molecule has 1 nitrogen and oxygen atoms in total. The van der Waals surface area contributed by atoms with Crippen molar-refractivity contribution in [3.63, 3.8) is 0 Å². The second-order valence-corrected chi connectivity index (χ2v) is 3.24. The minimum atomic E-state index is 0.623. The van der Waals surface area contributed by atoms with Crippen LogP contribution in [0.3, 0.4) is 0 Å². The molecule has 0 aliphatic heterocycles. The molecule has 0 aromatic rings. The van der Waals surface area contributed by atoms with Gasteiger partial charge in [0.15, 0.2) is 0 Å². The maximum Gasteiger partial charge on any atom is 0.120 e. The molecule has 1 heteroatoms. The van der Waals surface area contributed by atoms with Crippen LogP contribution in [0.15, 0.2) is 11.1 Å². The Morgan fingerprint density at radius 3 is 2.30 bits per heavy atom. The summed E-state index contributed by atoms with van der Waals surface area (Å²) in [4.78, 5) is 10.2. The first-order chi connectivity index (χ1) is 4.74. The summed E-state index contributed by atoms with van der Waals surface area (Å²) in [6.07, 6.45) is 4.07. The highest BCUT2D eigenvalue weighted by molar-refractivity contribution is 5.50. The summed E-state index contributed by atoms with van der Waals surface area (Å²) in [6, 6.07) is 0. The molecule has 0 N–H and O–H groups in total. The fourth-order valence-corrected chi connectivity index (χ4v) is 1.59. The Morgan fingerprint density at radius 2 is 1.90 bits per heavy atom. The smallest absolute Gasteiger partial charge is 0.120 e. The van der Waals surface area contributed by atoms with Gasteiger partial charge in [0.1, 0.15) is 6.29 Å². The third-order valence-corrected chi connectivity index (χ3v) is 2.35. The van der Waals surface area contributed by atoms with Crippen LogP contribution < -0.4 is 0 Å². The minimum absolute atomic E-state index is 0.623. The molecular weight excluding hydrogens is 124 g/mol. The van der Waals surface area contributed by atoms with Crippen molar-refractivity contribution in [2.24, 2.45) is 5.92 Å². The van der Waals surface area contributed by atoms with Crippen molar-refractivity contribution in [1.82, 2.24) is 0 Å². The lowest BCUT2D eigenvalue weighted by atomic mass is 10.0. The number of rotatable bonds is 2. The van der Waals surface area contributed by atoms with Crippen LogP contribution in [-0.4, -0.2) is 6.29 Å². The van der Waals surface area contributed by atoms with E-state index in [4.69, 9.17) is 0 Å². The van der Waals surface area contributed by atoms with Gasteiger partial charge >= 0.3 is 0 Å². The molecule has 1 rings (SSSR count). The van der Waals surface area contributed by atoms with E-state index in [9.17, 15) is 4.79 Å². The average Bonchev–Trinajstić information content (AvgIpc) is 2.14. The zero-order valence-corrected chi connectivity index (χ0v) is 6.68. The molecule has 0 fully saturated rings. The normalized spacial score (nSPS) is 20.2.